The van der Waals surface area contributed by atoms with Crippen LogP contribution in [0.2, 0.25) is 12.1 Å². The van der Waals surface area contributed by atoms with Crippen LogP contribution in [0.15, 0.2) is 0 Å². The third kappa shape index (κ3) is 11.7. The lowest BCUT2D eigenvalue weighted by Gasteiger charge is -2.25. The summed E-state index contributed by atoms with van der Waals surface area (Å²) in [5.74, 6) is 0.901. The maximum atomic E-state index is 11.3. The van der Waals surface area contributed by atoms with E-state index in [2.05, 4.69) is 0 Å². The van der Waals surface area contributed by atoms with Gasteiger partial charge in [0.15, 0.2) is 0 Å². The first-order chi connectivity index (χ1) is 13.9. The van der Waals surface area contributed by atoms with Crippen LogP contribution >= 0.6 is 0 Å². The van der Waals surface area contributed by atoms with Crippen LogP contribution in [-0.2, 0) is 31.4 Å². The average Bonchev–Trinajstić information content (AvgIpc) is 2.74. The highest BCUT2D eigenvalue weighted by atomic mass is 28.4. The maximum Gasteiger partial charge on any atom is 0.500 e. The Morgan fingerprint density at radius 2 is 0.966 bits per heavy atom. The molecule has 29 heavy (non-hydrogen) atoms. The van der Waals surface area contributed by atoms with Crippen LogP contribution in [-0.4, -0.2) is 66.1 Å². The van der Waals surface area contributed by atoms with Gasteiger partial charge >= 0.3 is 17.6 Å². The van der Waals surface area contributed by atoms with Crippen LogP contribution in [0, 0.1) is 5.92 Å². The van der Waals surface area contributed by atoms with Crippen molar-refractivity contribution in [2.24, 2.45) is 5.92 Å². The summed E-state index contributed by atoms with van der Waals surface area (Å²) in [7, 11) is 5.01. The van der Waals surface area contributed by atoms with Gasteiger partial charge in [-0.2, -0.15) is 0 Å². The number of Topliss-reactive ketones (excluding diaryl/α,β-unsaturated/α-hetero) is 1. The molecule has 0 saturated heterocycles. The van der Waals surface area contributed by atoms with E-state index in [0.717, 1.165) is 63.5 Å². The Bertz CT molecular complexity index is 371. The fraction of sp³-hybridized carbons (Fsp3) is 0.950. The van der Waals surface area contributed by atoms with E-state index in [-0.39, 0.29) is 5.78 Å². The maximum absolute atomic E-state index is 11.3. The first kappa shape index (κ1) is 28.9. The highest BCUT2D eigenvalue weighted by Gasteiger charge is 2.37. The van der Waals surface area contributed by atoms with Gasteiger partial charge in [-0.15, -0.1) is 0 Å². The molecule has 0 radical (unpaired) electrons. The highest BCUT2D eigenvalue weighted by Crippen LogP contribution is 2.26. The minimum atomic E-state index is -2.48. The van der Waals surface area contributed by atoms with E-state index in [0.29, 0.717) is 12.3 Å². The summed E-state index contributed by atoms with van der Waals surface area (Å²) < 4.78 is 33.0. The molecular weight excluding hydrogens is 408 g/mol. The van der Waals surface area contributed by atoms with Crippen molar-refractivity contribution in [2.75, 3.05) is 42.7 Å². The number of carbonyl (C=O) groups excluding carboxylic acids is 1. The van der Waals surface area contributed by atoms with Gasteiger partial charge in [-0.05, 0) is 32.1 Å². The van der Waals surface area contributed by atoms with E-state index in [1.807, 2.05) is 0 Å². The SMILES string of the molecule is CO[Si](CCCCC(CCCC[Si](OC)(OC)OC)CCCC(C)=O)(OC)OC. The molecule has 0 fully saturated rings. The molecule has 7 nitrogen and oxygen atoms in total. The Labute approximate surface area is 180 Å². The fourth-order valence-corrected chi connectivity index (χ4v) is 7.32. The molecule has 0 saturated carbocycles. The molecule has 0 unspecified atom stereocenters. The first-order valence-corrected chi connectivity index (χ1v) is 14.5. The van der Waals surface area contributed by atoms with E-state index >= 15 is 0 Å². The molecule has 174 valence electrons. The van der Waals surface area contributed by atoms with Gasteiger partial charge in [0.05, 0.1) is 0 Å². The zero-order valence-corrected chi connectivity index (χ0v) is 21.7. The van der Waals surface area contributed by atoms with Crippen molar-refractivity contribution in [2.45, 2.75) is 76.8 Å². The molecule has 0 aliphatic carbocycles. The Morgan fingerprint density at radius 3 is 1.28 bits per heavy atom. The number of carbonyl (C=O) groups is 1. The number of hydrogen-bond acceptors (Lipinski definition) is 7. The molecule has 0 spiro atoms. The van der Waals surface area contributed by atoms with Crippen molar-refractivity contribution in [3.8, 4) is 0 Å². The quantitative estimate of drug-likeness (QED) is 0.199. The monoisotopic (exact) mass is 452 g/mol. The Hall–Kier alpha value is -0.136. The standard InChI is InChI=1S/C20H44O7Si2/c1-19(21)13-12-16-20(14-8-10-17-28(22-2,23-3)24-4)15-9-11-18-29(25-5,26-6)27-7/h20H,8-18H2,1-7H3. The number of unbranched alkanes of at least 4 members (excludes halogenated alkanes) is 2. The summed E-state index contributed by atoms with van der Waals surface area (Å²) >= 11 is 0. The van der Waals surface area contributed by atoms with Crippen LogP contribution < -0.4 is 0 Å². The van der Waals surface area contributed by atoms with E-state index in [1.54, 1.807) is 49.6 Å². The zero-order valence-electron chi connectivity index (χ0n) is 19.7. The summed E-state index contributed by atoms with van der Waals surface area (Å²) in [5.41, 5.74) is 0. The molecule has 0 aromatic carbocycles. The number of ketones is 1. The molecule has 0 aromatic rings. The summed E-state index contributed by atoms with van der Waals surface area (Å²) in [5, 5.41) is 0. The van der Waals surface area contributed by atoms with E-state index in [1.165, 1.54) is 0 Å². The molecule has 0 heterocycles. The smallest absolute Gasteiger partial charge is 0.377 e. The first-order valence-electron chi connectivity index (χ1n) is 10.7. The minimum absolute atomic E-state index is 0.274. The van der Waals surface area contributed by atoms with Crippen LogP contribution in [0.5, 0.6) is 0 Å². The minimum Gasteiger partial charge on any atom is -0.377 e. The van der Waals surface area contributed by atoms with E-state index < -0.39 is 17.6 Å². The van der Waals surface area contributed by atoms with Crippen molar-refractivity contribution in [3.63, 3.8) is 0 Å². The lowest BCUT2D eigenvalue weighted by Crippen LogP contribution is -2.42. The van der Waals surface area contributed by atoms with Gasteiger partial charge in [0.1, 0.15) is 5.78 Å². The molecule has 0 aliphatic heterocycles. The predicted octanol–water partition coefficient (Wildman–Crippen LogP) is 4.46. The van der Waals surface area contributed by atoms with Gasteiger partial charge in [0, 0.05) is 61.2 Å². The molecule has 0 amide bonds. The molecule has 9 heteroatoms. The molecule has 0 atom stereocenters. The van der Waals surface area contributed by atoms with Crippen molar-refractivity contribution in [1.82, 2.24) is 0 Å². The predicted molar refractivity (Wildman–Crippen MR) is 119 cm³/mol. The summed E-state index contributed by atoms with van der Waals surface area (Å²) in [6, 6.07) is 1.67. The molecule has 0 aliphatic rings. The van der Waals surface area contributed by atoms with E-state index in [4.69, 9.17) is 26.6 Å². The van der Waals surface area contributed by atoms with Crippen LogP contribution in [0.1, 0.15) is 64.7 Å². The van der Waals surface area contributed by atoms with Gasteiger partial charge in [0.2, 0.25) is 0 Å². The van der Waals surface area contributed by atoms with Gasteiger partial charge in [0.25, 0.3) is 0 Å². The zero-order chi connectivity index (χ0) is 22.2. The molecule has 0 aromatic heterocycles. The lowest BCUT2D eigenvalue weighted by molar-refractivity contribution is -0.117. The van der Waals surface area contributed by atoms with Crippen LogP contribution in [0.4, 0.5) is 0 Å². The Kier molecular flexibility index (Phi) is 16.5. The van der Waals surface area contributed by atoms with E-state index in [9.17, 15) is 4.79 Å². The van der Waals surface area contributed by atoms with Gasteiger partial charge < -0.3 is 31.4 Å². The lowest BCUT2D eigenvalue weighted by atomic mass is 9.91. The van der Waals surface area contributed by atoms with Crippen molar-refractivity contribution in [3.05, 3.63) is 0 Å². The third-order valence-corrected chi connectivity index (χ3v) is 11.4. The number of hydrogen-bond donors (Lipinski definition) is 0. The second-order valence-corrected chi connectivity index (χ2v) is 13.7. The molecule has 0 bridgehead atoms. The van der Waals surface area contributed by atoms with Crippen molar-refractivity contribution < 1.29 is 31.4 Å². The molecule has 0 N–H and O–H groups in total. The Morgan fingerprint density at radius 1 is 0.621 bits per heavy atom. The van der Waals surface area contributed by atoms with Crippen molar-refractivity contribution in [1.29, 1.82) is 0 Å². The normalized spacial score (nSPS) is 12.7. The summed E-state index contributed by atoms with van der Waals surface area (Å²) in [4.78, 5) is 11.3. The highest BCUT2D eigenvalue weighted by molar-refractivity contribution is 6.60. The average molecular weight is 453 g/mol. The third-order valence-electron chi connectivity index (χ3n) is 5.70. The van der Waals surface area contributed by atoms with Gasteiger partial charge in [-0.3, -0.25) is 0 Å². The Balaban J connectivity index is 4.45. The fourth-order valence-electron chi connectivity index (χ4n) is 3.73. The molecule has 0 rings (SSSR count). The topological polar surface area (TPSA) is 72.5 Å². The van der Waals surface area contributed by atoms with Gasteiger partial charge in [-0.25, -0.2) is 0 Å². The summed E-state index contributed by atoms with van der Waals surface area (Å²) in [6.07, 6.45) is 9.33. The van der Waals surface area contributed by atoms with Gasteiger partial charge in [-0.1, -0.05) is 32.1 Å². The van der Waals surface area contributed by atoms with Crippen LogP contribution in [0.3, 0.4) is 0 Å². The second kappa shape index (κ2) is 16.5. The molecular formula is C20H44O7Si2. The second-order valence-electron chi connectivity index (χ2n) is 7.54. The summed E-state index contributed by atoms with van der Waals surface area (Å²) in [6.45, 7) is 1.67. The largest absolute Gasteiger partial charge is 0.500 e. The van der Waals surface area contributed by atoms with Crippen LogP contribution in [0.25, 0.3) is 0 Å². The van der Waals surface area contributed by atoms with Crippen molar-refractivity contribution >= 4 is 23.4 Å². The number of rotatable bonds is 20.